The van der Waals surface area contributed by atoms with E-state index in [2.05, 4.69) is 4.72 Å². The first kappa shape index (κ1) is 7.91. The average molecular weight is 137 g/mol. The Hall–Kier alpha value is -0.0900. The van der Waals surface area contributed by atoms with Gasteiger partial charge >= 0.3 is 0 Å². The molecule has 0 amide bonds. The molecule has 1 unspecified atom stereocenters. The van der Waals surface area contributed by atoms with E-state index in [0.29, 0.717) is 0 Å². The van der Waals surface area contributed by atoms with Crippen molar-refractivity contribution in [1.29, 1.82) is 0 Å². The van der Waals surface area contributed by atoms with Gasteiger partial charge in [-0.1, -0.05) is 6.92 Å². The summed E-state index contributed by atoms with van der Waals surface area (Å²) in [6.07, 6.45) is 0.837. The number of hydrogen-bond donors (Lipinski definition) is 2. The maximum absolute atomic E-state index is 9.89. The Morgan fingerprint density at radius 2 is 2.12 bits per heavy atom. The van der Waals surface area contributed by atoms with E-state index >= 15 is 0 Å². The monoisotopic (exact) mass is 137 g/mol. The van der Waals surface area contributed by atoms with E-state index in [1.165, 1.54) is 0 Å². The highest BCUT2D eigenvalue weighted by Crippen LogP contribution is 1.84. The minimum atomic E-state index is -2.40. The van der Waals surface area contributed by atoms with Crippen LogP contribution in [0.1, 0.15) is 20.3 Å². The van der Waals surface area contributed by atoms with Crippen LogP contribution in [0.15, 0.2) is 0 Å². The first-order chi connectivity index (χ1) is 3.66. The zero-order valence-corrected chi connectivity index (χ0v) is 5.94. The van der Waals surface area contributed by atoms with Gasteiger partial charge in [0.1, 0.15) is 0 Å². The Kier molecular flexibility index (Phi) is 3.81. The van der Waals surface area contributed by atoms with Gasteiger partial charge in [0.05, 0.1) is 0 Å². The zero-order valence-electron chi connectivity index (χ0n) is 5.05. The lowest BCUT2D eigenvalue weighted by Gasteiger charge is -2.01. The Bertz CT molecular complexity index is 113. The smallest absolute Gasteiger partial charge is 0.201 e. The molecule has 0 aliphatic carbocycles. The van der Waals surface area contributed by atoms with E-state index in [1.54, 1.807) is 0 Å². The highest BCUT2D eigenvalue weighted by atomic mass is 32.2. The van der Waals surface area contributed by atoms with Gasteiger partial charge in [0.25, 0.3) is 0 Å². The summed E-state index contributed by atoms with van der Waals surface area (Å²) in [5, 5.41) is 0. The van der Waals surface area contributed by atoms with Crippen molar-refractivity contribution in [3.8, 4) is 0 Å². The second kappa shape index (κ2) is 3.86. The van der Waals surface area contributed by atoms with E-state index in [0.717, 1.165) is 6.42 Å². The molecular formula is C4H11NO2S. The summed E-state index contributed by atoms with van der Waals surface area (Å²) < 4.78 is 22.1. The summed E-state index contributed by atoms with van der Waals surface area (Å²) in [7, 11) is -2.40. The van der Waals surface area contributed by atoms with Gasteiger partial charge in [0.2, 0.25) is 10.9 Å². The lowest BCUT2D eigenvalue weighted by Crippen LogP contribution is -2.22. The maximum Gasteiger partial charge on any atom is 0.201 e. The summed E-state index contributed by atoms with van der Waals surface area (Å²) in [6, 6.07) is 0.0797. The number of nitrogens with one attached hydrogen (secondary N) is 1. The SMILES string of the molecule is CCC(C)N[SH](=O)=O. The number of hydrogen-bond acceptors (Lipinski definition) is 2. The molecule has 0 bridgehead atoms. The Morgan fingerprint density at radius 3 is 2.25 bits per heavy atom. The molecule has 4 heteroatoms. The highest BCUT2D eigenvalue weighted by molar-refractivity contribution is 7.70. The molecule has 0 aromatic rings. The topological polar surface area (TPSA) is 46.2 Å². The standard InChI is InChI=1S/C4H11NO2S/c1-3-4(2)5-8(6)7/h4,8H,3H2,1-2H3,(H,5,6,7). The maximum atomic E-state index is 9.89. The van der Waals surface area contributed by atoms with Gasteiger partial charge in [-0.15, -0.1) is 0 Å². The van der Waals surface area contributed by atoms with Crippen LogP contribution in [0, 0.1) is 0 Å². The van der Waals surface area contributed by atoms with Crippen molar-refractivity contribution in [2.45, 2.75) is 26.3 Å². The van der Waals surface area contributed by atoms with Gasteiger partial charge in [-0.05, 0) is 13.3 Å². The van der Waals surface area contributed by atoms with Crippen LogP contribution in [0.25, 0.3) is 0 Å². The van der Waals surface area contributed by atoms with E-state index in [1.807, 2.05) is 13.8 Å². The predicted molar refractivity (Wildman–Crippen MR) is 33.2 cm³/mol. The summed E-state index contributed by atoms with van der Waals surface area (Å²) in [4.78, 5) is 0. The second-order valence-corrected chi connectivity index (χ2v) is 2.47. The molecule has 0 aliphatic rings. The molecule has 0 heterocycles. The van der Waals surface area contributed by atoms with E-state index in [9.17, 15) is 8.42 Å². The Morgan fingerprint density at radius 1 is 1.62 bits per heavy atom. The Balaban J connectivity index is 3.39. The molecule has 1 atom stereocenters. The number of thiol groups is 1. The Labute approximate surface area is 51.2 Å². The van der Waals surface area contributed by atoms with Crippen LogP contribution >= 0.6 is 0 Å². The molecule has 0 aromatic carbocycles. The molecule has 0 spiro atoms. The quantitative estimate of drug-likeness (QED) is 0.534. The summed E-state index contributed by atoms with van der Waals surface area (Å²) >= 11 is 0. The van der Waals surface area contributed by atoms with Crippen molar-refractivity contribution in [2.75, 3.05) is 0 Å². The van der Waals surface area contributed by atoms with Gasteiger partial charge in [-0.2, -0.15) is 0 Å². The van der Waals surface area contributed by atoms with Crippen LogP contribution < -0.4 is 4.72 Å². The van der Waals surface area contributed by atoms with E-state index < -0.39 is 10.9 Å². The third-order valence-electron chi connectivity index (χ3n) is 0.938. The molecule has 0 fully saturated rings. The molecule has 1 N–H and O–H groups in total. The molecule has 0 saturated heterocycles. The molecule has 0 radical (unpaired) electrons. The van der Waals surface area contributed by atoms with Crippen LogP contribution in [-0.2, 0) is 10.9 Å². The summed E-state index contributed by atoms with van der Waals surface area (Å²) in [5.41, 5.74) is 0. The van der Waals surface area contributed by atoms with Gasteiger partial charge in [-0.25, -0.2) is 13.1 Å². The first-order valence-corrected chi connectivity index (χ1v) is 3.75. The van der Waals surface area contributed by atoms with Crippen LogP contribution in [0.5, 0.6) is 0 Å². The summed E-state index contributed by atoms with van der Waals surface area (Å²) in [5.74, 6) is 0. The van der Waals surface area contributed by atoms with Gasteiger partial charge in [-0.3, -0.25) is 0 Å². The van der Waals surface area contributed by atoms with Crippen molar-refractivity contribution in [3.63, 3.8) is 0 Å². The fourth-order valence-corrected chi connectivity index (χ4v) is 0.814. The molecule has 3 nitrogen and oxygen atoms in total. The minimum absolute atomic E-state index is 0.0797. The average Bonchev–Trinajstić information content (AvgIpc) is 1.65. The zero-order chi connectivity index (χ0) is 6.57. The first-order valence-electron chi connectivity index (χ1n) is 2.57. The second-order valence-electron chi connectivity index (χ2n) is 1.70. The largest absolute Gasteiger partial charge is 0.216 e. The van der Waals surface area contributed by atoms with Crippen LogP contribution in [-0.4, -0.2) is 14.5 Å². The lowest BCUT2D eigenvalue weighted by atomic mass is 10.3. The number of rotatable bonds is 3. The molecular weight excluding hydrogens is 126 g/mol. The molecule has 0 saturated carbocycles. The van der Waals surface area contributed by atoms with E-state index in [4.69, 9.17) is 0 Å². The predicted octanol–water partition coefficient (Wildman–Crippen LogP) is -0.0991. The van der Waals surface area contributed by atoms with Crippen LogP contribution in [0.4, 0.5) is 0 Å². The van der Waals surface area contributed by atoms with Gasteiger partial charge in [0.15, 0.2) is 0 Å². The lowest BCUT2D eigenvalue weighted by molar-refractivity contribution is 0.575. The third kappa shape index (κ3) is 4.08. The van der Waals surface area contributed by atoms with Gasteiger partial charge < -0.3 is 0 Å². The molecule has 0 rings (SSSR count). The third-order valence-corrected chi connectivity index (χ3v) is 1.59. The fraction of sp³-hybridized carbons (Fsp3) is 1.00. The molecule has 50 valence electrons. The highest BCUT2D eigenvalue weighted by Gasteiger charge is 1.94. The minimum Gasteiger partial charge on any atom is -0.216 e. The molecule has 0 aliphatic heterocycles. The van der Waals surface area contributed by atoms with Crippen molar-refractivity contribution in [2.24, 2.45) is 0 Å². The van der Waals surface area contributed by atoms with Crippen molar-refractivity contribution in [3.05, 3.63) is 0 Å². The van der Waals surface area contributed by atoms with Crippen LogP contribution in [0.2, 0.25) is 0 Å². The van der Waals surface area contributed by atoms with Crippen molar-refractivity contribution >= 4 is 10.9 Å². The molecule has 8 heavy (non-hydrogen) atoms. The molecule has 0 aromatic heterocycles. The normalized spacial score (nSPS) is 14.4. The summed E-state index contributed by atoms with van der Waals surface area (Å²) in [6.45, 7) is 3.75. The van der Waals surface area contributed by atoms with Crippen molar-refractivity contribution in [1.82, 2.24) is 4.72 Å². The van der Waals surface area contributed by atoms with Crippen LogP contribution in [0.3, 0.4) is 0 Å². The van der Waals surface area contributed by atoms with Gasteiger partial charge in [0, 0.05) is 6.04 Å². The van der Waals surface area contributed by atoms with E-state index in [-0.39, 0.29) is 6.04 Å². The fourth-order valence-electron chi connectivity index (χ4n) is 0.271. The van der Waals surface area contributed by atoms with Crippen molar-refractivity contribution < 1.29 is 8.42 Å².